The Kier molecular flexibility index (Phi) is 6.63. The van der Waals surface area contributed by atoms with Crippen molar-refractivity contribution in [2.24, 2.45) is 0 Å². The first kappa shape index (κ1) is 16.0. The number of aliphatic hydroxyl groups is 1. The third-order valence-corrected chi connectivity index (χ3v) is 3.30. The van der Waals surface area contributed by atoms with Gasteiger partial charge in [-0.05, 0) is 19.9 Å². The van der Waals surface area contributed by atoms with Crippen LogP contribution in [0, 0.1) is 0 Å². The monoisotopic (exact) mass is 354 g/mol. The van der Waals surface area contributed by atoms with Crippen LogP contribution in [0.2, 0.25) is 0 Å². The molecule has 0 aromatic carbocycles. The van der Waals surface area contributed by atoms with E-state index in [1.165, 1.54) is 0 Å². The highest BCUT2D eigenvalue weighted by Gasteiger charge is 2.42. The van der Waals surface area contributed by atoms with E-state index in [1.807, 2.05) is 6.92 Å². The highest BCUT2D eigenvalue weighted by molar-refractivity contribution is 7.47. The van der Waals surface area contributed by atoms with Crippen molar-refractivity contribution in [1.29, 1.82) is 0 Å². The van der Waals surface area contributed by atoms with Gasteiger partial charge in [0.25, 0.3) is 5.97 Å². The second-order valence-corrected chi connectivity index (χ2v) is 6.65. The van der Waals surface area contributed by atoms with Crippen LogP contribution in [0.15, 0.2) is 0 Å². The van der Waals surface area contributed by atoms with Crippen molar-refractivity contribution in [3.8, 4) is 0 Å². The number of rotatable bonds is 11. The average molecular weight is 354 g/mol. The van der Waals surface area contributed by atoms with E-state index in [9.17, 15) is 14.2 Å². The first-order valence-corrected chi connectivity index (χ1v) is 9.14. The minimum atomic E-state index is -5.38. The second-order valence-electron chi connectivity index (χ2n) is 4.32. The summed E-state index contributed by atoms with van der Waals surface area (Å²) >= 11 is 0. The molecule has 0 aliphatic rings. The van der Waals surface area contributed by atoms with Crippen molar-refractivity contribution in [2.75, 3.05) is 20.1 Å². The Hall–Kier alpha value is 0.140. The number of hydrogen-bond donors (Lipinski definition) is 5. The van der Waals surface area contributed by atoms with Crippen molar-refractivity contribution in [2.45, 2.75) is 38.6 Å². The molecule has 12 heteroatoms. The van der Waals surface area contributed by atoms with Gasteiger partial charge in [-0.2, -0.15) is 0 Å². The molecule has 0 aromatic rings. The topological polar surface area (TPSA) is 157 Å². The fourth-order valence-electron chi connectivity index (χ4n) is 1.42. The number of nitrogens with zero attached hydrogens (tertiary/aromatic N) is 1. The molecule has 0 radical (unpaired) electrons. The molecule has 0 saturated carbocycles. The molecule has 0 heterocycles. The summed E-state index contributed by atoms with van der Waals surface area (Å²) in [7, 11) is -10.8. The van der Waals surface area contributed by atoms with Crippen LogP contribution in [0.3, 0.4) is 0 Å². The molecule has 0 aliphatic carbocycles. The van der Waals surface area contributed by atoms with Crippen LogP contribution in [0.25, 0.3) is 0 Å². The third-order valence-electron chi connectivity index (χ3n) is 2.25. The summed E-state index contributed by atoms with van der Waals surface area (Å²) in [5.74, 6) is -3.35. The van der Waals surface area contributed by atoms with E-state index in [2.05, 4.69) is 9.05 Å². The Bertz CT molecular complexity index is 453. The van der Waals surface area contributed by atoms with Gasteiger partial charge in [0.1, 0.15) is 0 Å². The largest absolute Gasteiger partial charge is 0.473 e. The molecular weight excluding hydrogens is 328 g/mol. The van der Waals surface area contributed by atoms with Gasteiger partial charge in [0.2, 0.25) is 0 Å². The van der Waals surface area contributed by atoms with Gasteiger partial charge in [-0.25, -0.2) is 18.2 Å². The Labute approximate surface area is 127 Å². The fourth-order valence-corrected chi connectivity index (χ4v) is 2.48. The van der Waals surface area contributed by atoms with Crippen LogP contribution >= 0.6 is 15.6 Å². The van der Waals surface area contributed by atoms with Crippen molar-refractivity contribution in [3.63, 3.8) is 0 Å². The molecule has 0 atom stereocenters. The smallest absolute Gasteiger partial charge is 0.343 e. The number of hydrogen-bond acceptors (Lipinski definition) is 6. The predicted octanol–water partition coefficient (Wildman–Crippen LogP) is 0.363. The number of phosphoric acid groups is 2. The third kappa shape index (κ3) is 12.4. The highest BCUT2D eigenvalue weighted by Crippen LogP contribution is 2.49. The first-order valence-electron chi connectivity index (χ1n) is 7.58. The van der Waals surface area contributed by atoms with Crippen LogP contribution in [0.4, 0.5) is 0 Å². The zero-order valence-electron chi connectivity index (χ0n) is 14.5. The summed E-state index contributed by atoms with van der Waals surface area (Å²) in [4.78, 5) is 35.8. The zero-order valence-corrected chi connectivity index (χ0v) is 13.2. The van der Waals surface area contributed by atoms with E-state index < -0.39 is 41.6 Å². The van der Waals surface area contributed by atoms with Crippen LogP contribution in [-0.2, 0) is 18.2 Å². The lowest BCUT2D eigenvalue weighted by Crippen LogP contribution is -2.38. The van der Waals surface area contributed by atoms with Gasteiger partial charge >= 0.3 is 15.6 Å². The molecule has 128 valence electrons. The molecule has 0 amide bonds. The Morgan fingerprint density at radius 1 is 1.10 bits per heavy atom. The summed E-state index contributed by atoms with van der Waals surface area (Å²) in [6.07, 6.45) is 1.13. The molecule has 10 nitrogen and oxygen atoms in total. The summed E-state index contributed by atoms with van der Waals surface area (Å²) in [6.45, 7) is -1.12. The average Bonchev–Trinajstić information content (AvgIpc) is 2.26. The van der Waals surface area contributed by atoms with Crippen LogP contribution in [-0.4, -0.2) is 55.6 Å². The molecule has 0 fully saturated rings. The molecule has 21 heavy (non-hydrogen) atoms. The van der Waals surface area contributed by atoms with E-state index in [0.717, 1.165) is 17.7 Å². The number of unbranched alkanes of at least 4 members (excludes halogenated alkanes) is 2. The standard InChI is InChI=1S/C9H23NO9P2/c1-3-4-5-7-10(2)8-6-9(11,18-20(12,13)14)19-21(15,16)17/h11H,3-8H2,1-2H3,(H2,12,13,14)(H2,15,16,17)/i2D3. The summed E-state index contributed by atoms with van der Waals surface area (Å²) in [6, 6.07) is 0. The lowest BCUT2D eigenvalue weighted by Gasteiger charge is -2.29. The Morgan fingerprint density at radius 2 is 1.62 bits per heavy atom. The van der Waals surface area contributed by atoms with Crippen molar-refractivity contribution < 1.29 is 47.0 Å². The predicted molar refractivity (Wildman–Crippen MR) is 72.8 cm³/mol. The van der Waals surface area contributed by atoms with Crippen LogP contribution in [0.1, 0.15) is 36.7 Å². The van der Waals surface area contributed by atoms with Gasteiger partial charge in [-0.1, -0.05) is 19.8 Å². The fraction of sp³-hybridized carbons (Fsp3) is 1.00. The highest BCUT2D eigenvalue weighted by atomic mass is 31.2. The Balaban J connectivity index is 5.10. The van der Waals surface area contributed by atoms with Gasteiger partial charge in [0.15, 0.2) is 0 Å². The Morgan fingerprint density at radius 3 is 2.00 bits per heavy atom. The molecule has 0 rings (SSSR count). The van der Waals surface area contributed by atoms with E-state index >= 15 is 0 Å². The van der Waals surface area contributed by atoms with E-state index in [-0.39, 0.29) is 6.54 Å². The van der Waals surface area contributed by atoms with Crippen molar-refractivity contribution in [3.05, 3.63) is 0 Å². The van der Waals surface area contributed by atoms with Gasteiger partial charge in [0.05, 0.1) is 0 Å². The maximum atomic E-state index is 10.8. The molecular formula is C9H23NO9P2. The maximum Gasteiger partial charge on any atom is 0.473 e. The summed E-state index contributed by atoms with van der Waals surface area (Å²) in [5.41, 5.74) is 0. The minimum Gasteiger partial charge on any atom is -0.343 e. The van der Waals surface area contributed by atoms with Crippen molar-refractivity contribution >= 4 is 15.6 Å². The second kappa shape index (κ2) is 8.69. The zero-order chi connectivity index (χ0) is 19.2. The number of phosphoric ester groups is 2. The molecule has 5 N–H and O–H groups in total. The normalized spacial score (nSPS) is 16.6. The lowest BCUT2D eigenvalue weighted by molar-refractivity contribution is -0.290. The maximum absolute atomic E-state index is 10.8. The van der Waals surface area contributed by atoms with Crippen LogP contribution < -0.4 is 0 Å². The lowest BCUT2D eigenvalue weighted by atomic mass is 10.2. The van der Waals surface area contributed by atoms with Crippen LogP contribution in [0.5, 0.6) is 0 Å². The van der Waals surface area contributed by atoms with Gasteiger partial charge in [-0.15, -0.1) is 0 Å². The SMILES string of the molecule is [2H]C([2H])([2H])N(CCCCC)CCC(O)(OP(=O)(O)O)OP(=O)(O)O. The van der Waals surface area contributed by atoms with Gasteiger partial charge < -0.3 is 29.6 Å². The minimum absolute atomic E-state index is 0.0756. The molecule has 0 aliphatic heterocycles. The van der Waals surface area contributed by atoms with Gasteiger partial charge in [-0.3, -0.25) is 0 Å². The van der Waals surface area contributed by atoms with E-state index in [0.29, 0.717) is 6.42 Å². The molecule has 0 saturated heterocycles. The molecule has 0 unspecified atom stereocenters. The van der Waals surface area contributed by atoms with E-state index in [4.69, 9.17) is 23.7 Å². The van der Waals surface area contributed by atoms with E-state index in [1.54, 1.807) is 0 Å². The summed E-state index contributed by atoms with van der Waals surface area (Å²) < 4.78 is 51.6. The first-order chi connectivity index (χ1) is 10.6. The van der Waals surface area contributed by atoms with Gasteiger partial charge in [0, 0.05) is 17.1 Å². The molecule has 0 spiro atoms. The quantitative estimate of drug-likeness (QED) is 0.199. The summed E-state index contributed by atoms with van der Waals surface area (Å²) in [5, 5.41) is 9.83. The molecule has 0 bridgehead atoms. The van der Waals surface area contributed by atoms with Crippen molar-refractivity contribution in [1.82, 2.24) is 4.90 Å². The molecule has 0 aromatic heterocycles.